The molecule has 0 saturated carbocycles. The molecule has 0 spiro atoms. The third-order valence-corrected chi connectivity index (χ3v) is 1.16. The molecule has 11 heavy (non-hydrogen) atoms. The first-order valence-electron chi connectivity index (χ1n) is 3.01. The summed E-state index contributed by atoms with van der Waals surface area (Å²) in [4.78, 5) is 3.72. The minimum atomic E-state index is 0. The summed E-state index contributed by atoms with van der Waals surface area (Å²) in [5, 5.41) is 15.7. The largest absolute Gasteiger partial charge is 0.395 e. The molecule has 1 rings (SSSR count). The average molecular weight is 220 g/mol. The molecular formula is C6H10BrN3O. The quantitative estimate of drug-likeness (QED) is 0.732. The SMILES string of the molecule is Br.N=c1ncccn1CCO. The normalized spacial score (nSPS) is 8.82. The maximum Gasteiger partial charge on any atom is 0.221 e. The summed E-state index contributed by atoms with van der Waals surface area (Å²) < 4.78 is 1.57. The van der Waals surface area contributed by atoms with Crippen LogP contribution >= 0.6 is 17.0 Å². The van der Waals surface area contributed by atoms with Crippen molar-refractivity contribution in [2.75, 3.05) is 6.61 Å². The molecule has 5 heteroatoms. The highest BCUT2D eigenvalue weighted by molar-refractivity contribution is 8.93. The maximum atomic E-state index is 8.51. The van der Waals surface area contributed by atoms with Gasteiger partial charge in [0.25, 0.3) is 0 Å². The Morgan fingerprint density at radius 3 is 2.91 bits per heavy atom. The molecule has 2 N–H and O–H groups in total. The van der Waals surface area contributed by atoms with E-state index in [4.69, 9.17) is 10.5 Å². The highest BCUT2D eigenvalue weighted by atomic mass is 79.9. The van der Waals surface area contributed by atoms with Crippen molar-refractivity contribution < 1.29 is 5.11 Å². The fraction of sp³-hybridized carbons (Fsp3) is 0.333. The molecule has 0 aliphatic rings. The zero-order chi connectivity index (χ0) is 7.40. The van der Waals surface area contributed by atoms with Crippen molar-refractivity contribution in [2.45, 2.75) is 6.54 Å². The van der Waals surface area contributed by atoms with Gasteiger partial charge >= 0.3 is 0 Å². The van der Waals surface area contributed by atoms with Crippen molar-refractivity contribution in [3.63, 3.8) is 0 Å². The van der Waals surface area contributed by atoms with Crippen molar-refractivity contribution in [3.8, 4) is 0 Å². The molecule has 0 aliphatic carbocycles. The molecule has 4 nitrogen and oxygen atoms in total. The third kappa shape index (κ3) is 2.81. The summed E-state index contributed by atoms with van der Waals surface area (Å²) in [5.41, 5.74) is 0.177. The number of hydrogen-bond acceptors (Lipinski definition) is 3. The molecule has 0 unspecified atom stereocenters. The van der Waals surface area contributed by atoms with Crippen molar-refractivity contribution in [1.82, 2.24) is 9.55 Å². The number of aliphatic hydroxyl groups excluding tert-OH is 1. The van der Waals surface area contributed by atoms with Crippen LogP contribution in [-0.2, 0) is 6.54 Å². The Kier molecular flexibility index (Phi) is 4.72. The van der Waals surface area contributed by atoms with E-state index in [0.717, 1.165) is 0 Å². The fourth-order valence-corrected chi connectivity index (χ4v) is 0.689. The highest BCUT2D eigenvalue weighted by Crippen LogP contribution is 1.76. The molecule has 62 valence electrons. The van der Waals surface area contributed by atoms with E-state index in [0.29, 0.717) is 6.54 Å². The number of hydrogen-bond donors (Lipinski definition) is 2. The van der Waals surface area contributed by atoms with E-state index >= 15 is 0 Å². The van der Waals surface area contributed by atoms with Crippen LogP contribution in [0.2, 0.25) is 0 Å². The van der Waals surface area contributed by atoms with E-state index in [-0.39, 0.29) is 29.2 Å². The molecule has 0 atom stereocenters. The third-order valence-electron chi connectivity index (χ3n) is 1.16. The Morgan fingerprint density at radius 1 is 1.64 bits per heavy atom. The molecule has 0 saturated heterocycles. The van der Waals surface area contributed by atoms with E-state index in [1.54, 1.807) is 23.0 Å². The topological polar surface area (TPSA) is 61.9 Å². The molecule has 0 aliphatic heterocycles. The Balaban J connectivity index is 0.000001000. The summed E-state index contributed by atoms with van der Waals surface area (Å²) in [6.07, 6.45) is 3.27. The summed E-state index contributed by atoms with van der Waals surface area (Å²) in [5.74, 6) is 0. The van der Waals surface area contributed by atoms with Gasteiger partial charge in [0.05, 0.1) is 6.61 Å². The second-order valence-electron chi connectivity index (χ2n) is 1.86. The summed E-state index contributed by atoms with van der Waals surface area (Å²) >= 11 is 0. The zero-order valence-electron chi connectivity index (χ0n) is 5.90. The van der Waals surface area contributed by atoms with Gasteiger partial charge in [-0.15, -0.1) is 17.0 Å². The predicted octanol–water partition coefficient (Wildman–Crippen LogP) is -0.0672. The standard InChI is InChI=1S/C6H9N3O.BrH/c7-6-8-2-1-3-9(6)4-5-10;/h1-3,7,10H,4-5H2;1H. The number of nitrogens with zero attached hydrogens (tertiary/aromatic N) is 2. The number of aliphatic hydroxyl groups is 1. The van der Waals surface area contributed by atoms with Gasteiger partial charge in [-0.05, 0) is 6.07 Å². The summed E-state index contributed by atoms with van der Waals surface area (Å²) in [6, 6.07) is 1.73. The van der Waals surface area contributed by atoms with Crippen LogP contribution in [0, 0.1) is 5.41 Å². The van der Waals surface area contributed by atoms with Gasteiger partial charge < -0.3 is 9.67 Å². The molecule has 1 heterocycles. The molecular weight excluding hydrogens is 210 g/mol. The molecule has 0 amide bonds. The molecule has 0 radical (unpaired) electrons. The molecule has 0 bridgehead atoms. The van der Waals surface area contributed by atoms with Crippen molar-refractivity contribution in [1.29, 1.82) is 5.41 Å². The van der Waals surface area contributed by atoms with Crippen LogP contribution in [0.4, 0.5) is 0 Å². The van der Waals surface area contributed by atoms with Crippen LogP contribution in [0.1, 0.15) is 0 Å². The minimum absolute atomic E-state index is 0. The Bertz CT molecular complexity index is 260. The van der Waals surface area contributed by atoms with Gasteiger partial charge in [0, 0.05) is 18.9 Å². The van der Waals surface area contributed by atoms with E-state index in [9.17, 15) is 0 Å². The molecule has 0 aromatic carbocycles. The lowest BCUT2D eigenvalue weighted by Crippen LogP contribution is -2.22. The second kappa shape index (κ2) is 5.03. The van der Waals surface area contributed by atoms with Crippen molar-refractivity contribution in [2.24, 2.45) is 0 Å². The fourth-order valence-electron chi connectivity index (χ4n) is 0.689. The predicted molar refractivity (Wildman–Crippen MR) is 45.5 cm³/mol. The van der Waals surface area contributed by atoms with Crippen LogP contribution in [0.15, 0.2) is 18.5 Å². The minimum Gasteiger partial charge on any atom is -0.395 e. The first-order valence-corrected chi connectivity index (χ1v) is 3.01. The Hall–Kier alpha value is -0.680. The van der Waals surface area contributed by atoms with Crippen LogP contribution in [0.25, 0.3) is 0 Å². The summed E-state index contributed by atoms with van der Waals surface area (Å²) in [7, 11) is 0. The van der Waals surface area contributed by atoms with Gasteiger partial charge in [0.1, 0.15) is 0 Å². The van der Waals surface area contributed by atoms with Gasteiger partial charge in [0.15, 0.2) is 0 Å². The van der Waals surface area contributed by atoms with Gasteiger partial charge in [0.2, 0.25) is 5.62 Å². The average Bonchev–Trinajstić information content (AvgIpc) is 1.94. The van der Waals surface area contributed by atoms with Gasteiger partial charge in [-0.25, -0.2) is 4.98 Å². The van der Waals surface area contributed by atoms with Gasteiger partial charge in [-0.1, -0.05) is 0 Å². The van der Waals surface area contributed by atoms with E-state index in [2.05, 4.69) is 4.98 Å². The highest BCUT2D eigenvalue weighted by Gasteiger charge is 1.87. The van der Waals surface area contributed by atoms with E-state index in [1.807, 2.05) is 0 Å². The number of aromatic nitrogens is 2. The smallest absolute Gasteiger partial charge is 0.221 e. The maximum absolute atomic E-state index is 8.51. The molecule has 1 aromatic heterocycles. The lowest BCUT2D eigenvalue weighted by Gasteiger charge is -2.00. The Labute approximate surface area is 74.8 Å². The van der Waals surface area contributed by atoms with Crippen LogP contribution < -0.4 is 5.62 Å². The lowest BCUT2D eigenvalue weighted by molar-refractivity contribution is 0.272. The monoisotopic (exact) mass is 219 g/mol. The van der Waals surface area contributed by atoms with Crippen molar-refractivity contribution in [3.05, 3.63) is 24.1 Å². The molecule has 0 fully saturated rings. The van der Waals surface area contributed by atoms with Crippen LogP contribution in [0.5, 0.6) is 0 Å². The van der Waals surface area contributed by atoms with Crippen LogP contribution in [-0.4, -0.2) is 21.3 Å². The lowest BCUT2D eigenvalue weighted by atomic mass is 10.6. The number of nitrogens with one attached hydrogen (secondary N) is 1. The van der Waals surface area contributed by atoms with E-state index in [1.165, 1.54) is 0 Å². The van der Waals surface area contributed by atoms with E-state index < -0.39 is 0 Å². The second-order valence-corrected chi connectivity index (χ2v) is 1.86. The van der Waals surface area contributed by atoms with Crippen LogP contribution in [0.3, 0.4) is 0 Å². The number of halogens is 1. The first kappa shape index (κ1) is 10.3. The van der Waals surface area contributed by atoms with Gasteiger partial charge in [-0.3, -0.25) is 5.41 Å². The van der Waals surface area contributed by atoms with Crippen molar-refractivity contribution >= 4 is 17.0 Å². The van der Waals surface area contributed by atoms with Gasteiger partial charge in [-0.2, -0.15) is 0 Å². The molecule has 1 aromatic rings. The number of rotatable bonds is 2. The summed E-state index contributed by atoms with van der Waals surface area (Å²) in [6.45, 7) is 0.481. The Morgan fingerprint density at radius 2 is 2.36 bits per heavy atom. The zero-order valence-corrected chi connectivity index (χ0v) is 7.61. The first-order chi connectivity index (χ1) is 4.84.